The number of rotatable bonds is 4. The van der Waals surface area contributed by atoms with Gasteiger partial charge < -0.3 is 5.11 Å². The Morgan fingerprint density at radius 1 is 0.926 bits per heavy atom. The van der Waals surface area contributed by atoms with Crippen LogP contribution in [0.2, 0.25) is 5.02 Å². The van der Waals surface area contributed by atoms with E-state index in [1.807, 2.05) is 67.0 Å². The smallest absolute Gasteiger partial charge is 0.0920 e. The van der Waals surface area contributed by atoms with E-state index in [4.69, 9.17) is 11.6 Å². The summed E-state index contributed by atoms with van der Waals surface area (Å²) in [6, 6.07) is 20.0. The van der Waals surface area contributed by atoms with E-state index in [2.05, 4.69) is 16.0 Å². The molecule has 2 aromatic carbocycles. The molecule has 1 N–H and O–H groups in total. The van der Waals surface area contributed by atoms with Gasteiger partial charge in [-0.2, -0.15) is 0 Å². The van der Waals surface area contributed by atoms with E-state index in [0.717, 1.165) is 54.2 Å². The molecular weight excluding hydrogens is 356 g/mol. The van der Waals surface area contributed by atoms with E-state index in [0.29, 0.717) is 0 Å². The van der Waals surface area contributed by atoms with Crippen LogP contribution in [0.1, 0.15) is 24.0 Å². The first-order valence-electron chi connectivity index (χ1n) is 9.33. The van der Waals surface area contributed by atoms with Crippen molar-refractivity contribution >= 4 is 11.6 Å². The Kier molecular flexibility index (Phi) is 5.26. The molecule has 1 aromatic heterocycles. The fourth-order valence-corrected chi connectivity index (χ4v) is 3.88. The zero-order chi connectivity index (χ0) is 18.7. The Labute approximate surface area is 165 Å². The molecular formula is C23H23ClN2O. The summed E-state index contributed by atoms with van der Waals surface area (Å²) in [5.74, 6) is 0. The van der Waals surface area contributed by atoms with Crippen LogP contribution < -0.4 is 0 Å². The van der Waals surface area contributed by atoms with Gasteiger partial charge in [0.2, 0.25) is 0 Å². The highest BCUT2D eigenvalue weighted by atomic mass is 35.5. The highest BCUT2D eigenvalue weighted by Gasteiger charge is 2.33. The quantitative estimate of drug-likeness (QED) is 0.702. The van der Waals surface area contributed by atoms with Crippen molar-refractivity contribution in [1.29, 1.82) is 0 Å². The molecule has 0 unspecified atom stereocenters. The minimum Gasteiger partial charge on any atom is -0.385 e. The number of aromatic nitrogens is 1. The molecule has 0 saturated carbocycles. The van der Waals surface area contributed by atoms with Gasteiger partial charge in [-0.3, -0.25) is 9.88 Å². The number of benzene rings is 2. The molecule has 3 aromatic rings. The molecule has 2 heterocycles. The van der Waals surface area contributed by atoms with Crippen LogP contribution in [0.3, 0.4) is 0 Å². The monoisotopic (exact) mass is 378 g/mol. The SMILES string of the molecule is OC1(c2ccccc2)CCN(Cc2cncc(-c3ccc(Cl)cc3)c2)CC1. The van der Waals surface area contributed by atoms with Crippen LogP contribution in [-0.4, -0.2) is 28.1 Å². The maximum absolute atomic E-state index is 11.0. The minimum atomic E-state index is -0.707. The molecule has 1 saturated heterocycles. The van der Waals surface area contributed by atoms with Gasteiger partial charge in [-0.15, -0.1) is 0 Å². The number of piperidine rings is 1. The van der Waals surface area contributed by atoms with E-state index in [9.17, 15) is 5.11 Å². The Morgan fingerprint density at radius 2 is 1.63 bits per heavy atom. The Hall–Kier alpha value is -2.20. The van der Waals surface area contributed by atoms with Gasteiger partial charge in [0.15, 0.2) is 0 Å². The van der Waals surface area contributed by atoms with E-state index < -0.39 is 5.60 Å². The van der Waals surface area contributed by atoms with Gasteiger partial charge >= 0.3 is 0 Å². The minimum absolute atomic E-state index is 0.707. The predicted molar refractivity (Wildman–Crippen MR) is 110 cm³/mol. The van der Waals surface area contributed by atoms with Crippen LogP contribution in [0, 0.1) is 0 Å². The molecule has 4 rings (SSSR count). The number of hydrogen-bond acceptors (Lipinski definition) is 3. The molecule has 1 fully saturated rings. The molecule has 27 heavy (non-hydrogen) atoms. The molecule has 0 amide bonds. The molecule has 0 aliphatic carbocycles. The highest BCUT2D eigenvalue weighted by molar-refractivity contribution is 6.30. The van der Waals surface area contributed by atoms with Crippen LogP contribution in [-0.2, 0) is 12.1 Å². The third-order valence-electron chi connectivity index (χ3n) is 5.37. The van der Waals surface area contributed by atoms with Gasteiger partial charge in [-0.25, -0.2) is 0 Å². The standard InChI is InChI=1S/C23H23ClN2O/c24-22-8-6-19(7-9-22)20-14-18(15-25-16-20)17-26-12-10-23(27,11-13-26)21-4-2-1-3-5-21/h1-9,14-16,27H,10-13,17H2. The number of nitrogens with zero attached hydrogens (tertiary/aromatic N) is 2. The molecule has 0 radical (unpaired) electrons. The topological polar surface area (TPSA) is 36.4 Å². The molecule has 4 heteroatoms. The zero-order valence-electron chi connectivity index (χ0n) is 15.2. The van der Waals surface area contributed by atoms with Gasteiger partial charge in [0.25, 0.3) is 0 Å². The number of pyridine rings is 1. The second kappa shape index (κ2) is 7.81. The molecule has 0 atom stereocenters. The highest BCUT2D eigenvalue weighted by Crippen LogP contribution is 2.33. The number of halogens is 1. The van der Waals surface area contributed by atoms with Crippen molar-refractivity contribution in [3.63, 3.8) is 0 Å². The molecule has 1 aliphatic heterocycles. The molecule has 0 spiro atoms. The van der Waals surface area contributed by atoms with Crippen molar-refractivity contribution in [2.45, 2.75) is 25.0 Å². The van der Waals surface area contributed by atoms with Gasteiger partial charge in [-0.05, 0) is 47.7 Å². The normalized spacial score (nSPS) is 17.0. The van der Waals surface area contributed by atoms with Crippen molar-refractivity contribution in [2.75, 3.05) is 13.1 Å². The number of aliphatic hydroxyl groups is 1. The average molecular weight is 379 g/mol. The predicted octanol–water partition coefficient (Wildman–Crippen LogP) is 4.89. The second-order valence-electron chi connectivity index (χ2n) is 7.26. The third kappa shape index (κ3) is 4.22. The maximum Gasteiger partial charge on any atom is 0.0920 e. The van der Waals surface area contributed by atoms with E-state index in [1.54, 1.807) is 0 Å². The summed E-state index contributed by atoms with van der Waals surface area (Å²) in [6.45, 7) is 2.59. The van der Waals surface area contributed by atoms with Crippen LogP contribution >= 0.6 is 11.6 Å². The third-order valence-corrected chi connectivity index (χ3v) is 5.62. The molecule has 138 valence electrons. The Morgan fingerprint density at radius 3 is 2.33 bits per heavy atom. The first kappa shape index (κ1) is 18.2. The summed E-state index contributed by atoms with van der Waals surface area (Å²) in [7, 11) is 0. The Bertz CT molecular complexity index is 888. The fourth-order valence-electron chi connectivity index (χ4n) is 3.75. The summed E-state index contributed by atoms with van der Waals surface area (Å²) in [5, 5.41) is 11.7. The average Bonchev–Trinajstić information content (AvgIpc) is 2.71. The molecule has 0 bridgehead atoms. The largest absolute Gasteiger partial charge is 0.385 e. The lowest BCUT2D eigenvalue weighted by Gasteiger charge is -2.38. The van der Waals surface area contributed by atoms with Gasteiger partial charge in [0, 0.05) is 42.6 Å². The van der Waals surface area contributed by atoms with Gasteiger partial charge in [0.05, 0.1) is 5.60 Å². The van der Waals surface area contributed by atoms with Crippen LogP contribution in [0.25, 0.3) is 11.1 Å². The lowest BCUT2D eigenvalue weighted by Crippen LogP contribution is -2.42. The first-order valence-corrected chi connectivity index (χ1v) is 9.70. The molecule has 1 aliphatic rings. The Balaban J connectivity index is 1.42. The fraction of sp³-hybridized carbons (Fsp3) is 0.261. The number of hydrogen-bond donors (Lipinski definition) is 1. The molecule has 3 nitrogen and oxygen atoms in total. The summed E-state index contributed by atoms with van der Waals surface area (Å²) >= 11 is 5.98. The van der Waals surface area contributed by atoms with Crippen LogP contribution in [0.4, 0.5) is 0 Å². The van der Waals surface area contributed by atoms with Crippen molar-refractivity contribution in [3.8, 4) is 11.1 Å². The lowest BCUT2D eigenvalue weighted by atomic mass is 9.84. The summed E-state index contributed by atoms with van der Waals surface area (Å²) in [6.07, 6.45) is 5.32. The van der Waals surface area contributed by atoms with E-state index in [-0.39, 0.29) is 0 Å². The first-order chi connectivity index (χ1) is 13.1. The second-order valence-corrected chi connectivity index (χ2v) is 7.70. The van der Waals surface area contributed by atoms with E-state index in [1.165, 1.54) is 5.56 Å². The van der Waals surface area contributed by atoms with Crippen LogP contribution in [0.5, 0.6) is 0 Å². The summed E-state index contributed by atoms with van der Waals surface area (Å²) in [5.41, 5.74) is 3.72. The van der Waals surface area contributed by atoms with Gasteiger partial charge in [0.1, 0.15) is 0 Å². The zero-order valence-corrected chi connectivity index (χ0v) is 15.9. The van der Waals surface area contributed by atoms with Crippen molar-refractivity contribution in [1.82, 2.24) is 9.88 Å². The maximum atomic E-state index is 11.0. The van der Waals surface area contributed by atoms with Crippen molar-refractivity contribution in [2.24, 2.45) is 0 Å². The lowest BCUT2D eigenvalue weighted by molar-refractivity contribution is -0.0277. The van der Waals surface area contributed by atoms with Crippen LogP contribution in [0.15, 0.2) is 73.1 Å². The van der Waals surface area contributed by atoms with E-state index >= 15 is 0 Å². The summed E-state index contributed by atoms with van der Waals surface area (Å²) < 4.78 is 0. The van der Waals surface area contributed by atoms with Crippen molar-refractivity contribution in [3.05, 3.63) is 89.2 Å². The van der Waals surface area contributed by atoms with Gasteiger partial charge in [-0.1, -0.05) is 54.1 Å². The number of likely N-dealkylation sites (tertiary alicyclic amines) is 1. The summed E-state index contributed by atoms with van der Waals surface area (Å²) in [4.78, 5) is 6.81. The van der Waals surface area contributed by atoms with Crippen molar-refractivity contribution < 1.29 is 5.11 Å².